The molecule has 5 heteroatoms. The molecule has 0 N–H and O–H groups in total. The van der Waals surface area contributed by atoms with Crippen LogP contribution in [-0.4, -0.2) is 35.9 Å². The molecule has 0 spiro atoms. The number of alkyl halides is 1. The van der Waals surface area contributed by atoms with Crippen LogP contribution >= 0.6 is 15.9 Å². The second-order valence-corrected chi connectivity index (χ2v) is 3.79. The SMILES string of the molecule is CC(=O)OCC1CCC(C(=O)CBr)O1. The van der Waals surface area contributed by atoms with Crippen molar-refractivity contribution < 1.29 is 19.1 Å². The van der Waals surface area contributed by atoms with E-state index < -0.39 is 0 Å². The van der Waals surface area contributed by atoms with Crippen LogP contribution in [0.2, 0.25) is 0 Å². The molecule has 0 aromatic heterocycles. The lowest BCUT2D eigenvalue weighted by atomic mass is 10.1. The van der Waals surface area contributed by atoms with E-state index in [9.17, 15) is 9.59 Å². The highest BCUT2D eigenvalue weighted by Gasteiger charge is 2.30. The van der Waals surface area contributed by atoms with Gasteiger partial charge in [-0.1, -0.05) is 15.9 Å². The average molecular weight is 265 g/mol. The second kappa shape index (κ2) is 5.46. The molecule has 0 saturated carbocycles. The van der Waals surface area contributed by atoms with Crippen LogP contribution in [0.25, 0.3) is 0 Å². The van der Waals surface area contributed by atoms with Crippen molar-refractivity contribution in [3.8, 4) is 0 Å². The molecule has 2 unspecified atom stereocenters. The lowest BCUT2D eigenvalue weighted by molar-refractivity contribution is -0.145. The molecule has 1 rings (SSSR count). The van der Waals surface area contributed by atoms with Crippen LogP contribution in [0.15, 0.2) is 0 Å². The Morgan fingerprint density at radius 3 is 2.79 bits per heavy atom. The van der Waals surface area contributed by atoms with E-state index in [1.54, 1.807) is 0 Å². The van der Waals surface area contributed by atoms with Gasteiger partial charge in [-0.15, -0.1) is 0 Å². The van der Waals surface area contributed by atoms with Crippen LogP contribution in [0.3, 0.4) is 0 Å². The number of Topliss-reactive ketones (excluding diaryl/α,β-unsaturated/α-hetero) is 1. The molecule has 1 aliphatic heterocycles. The largest absolute Gasteiger partial charge is 0.463 e. The smallest absolute Gasteiger partial charge is 0.302 e. The third-order valence-electron chi connectivity index (χ3n) is 2.07. The van der Waals surface area contributed by atoms with Gasteiger partial charge in [-0.3, -0.25) is 9.59 Å². The summed E-state index contributed by atoms with van der Waals surface area (Å²) >= 11 is 3.09. The number of esters is 1. The van der Waals surface area contributed by atoms with E-state index in [0.29, 0.717) is 5.33 Å². The minimum absolute atomic E-state index is 0.0512. The van der Waals surface area contributed by atoms with Crippen molar-refractivity contribution in [3.05, 3.63) is 0 Å². The zero-order valence-corrected chi connectivity index (χ0v) is 9.58. The predicted molar refractivity (Wildman–Crippen MR) is 53.3 cm³/mol. The maximum atomic E-state index is 11.2. The normalized spacial score (nSPS) is 26.1. The fourth-order valence-corrected chi connectivity index (χ4v) is 1.72. The van der Waals surface area contributed by atoms with Crippen LogP contribution in [0, 0.1) is 0 Å². The fourth-order valence-electron chi connectivity index (χ4n) is 1.36. The number of carbonyl (C=O) groups is 2. The van der Waals surface area contributed by atoms with Crippen LogP contribution in [0.5, 0.6) is 0 Å². The fraction of sp³-hybridized carbons (Fsp3) is 0.778. The zero-order chi connectivity index (χ0) is 10.6. The first-order valence-electron chi connectivity index (χ1n) is 4.51. The van der Waals surface area contributed by atoms with E-state index in [-0.39, 0.29) is 30.6 Å². The van der Waals surface area contributed by atoms with Crippen molar-refractivity contribution in [3.63, 3.8) is 0 Å². The summed E-state index contributed by atoms with van der Waals surface area (Å²) in [7, 11) is 0. The van der Waals surface area contributed by atoms with Crippen molar-refractivity contribution >= 4 is 27.7 Å². The summed E-state index contributed by atoms with van der Waals surface area (Å²) in [4.78, 5) is 21.7. The van der Waals surface area contributed by atoms with Gasteiger partial charge in [0.25, 0.3) is 0 Å². The van der Waals surface area contributed by atoms with Gasteiger partial charge in [0.2, 0.25) is 0 Å². The summed E-state index contributed by atoms with van der Waals surface area (Å²) in [5.41, 5.74) is 0. The average Bonchev–Trinajstić information content (AvgIpc) is 2.62. The van der Waals surface area contributed by atoms with Gasteiger partial charge in [-0.2, -0.15) is 0 Å². The number of hydrogen-bond donors (Lipinski definition) is 0. The third-order valence-corrected chi connectivity index (χ3v) is 2.62. The Bertz CT molecular complexity index is 229. The molecule has 4 nitrogen and oxygen atoms in total. The topological polar surface area (TPSA) is 52.6 Å². The van der Waals surface area contributed by atoms with Gasteiger partial charge in [-0.25, -0.2) is 0 Å². The number of carbonyl (C=O) groups excluding carboxylic acids is 2. The summed E-state index contributed by atoms with van der Waals surface area (Å²) in [5.74, 6) is -0.265. The molecular formula is C9H13BrO4. The Morgan fingerprint density at radius 2 is 2.21 bits per heavy atom. The maximum Gasteiger partial charge on any atom is 0.302 e. The summed E-state index contributed by atoms with van der Waals surface area (Å²) in [6.45, 7) is 1.61. The number of halogens is 1. The van der Waals surface area contributed by atoms with Crippen molar-refractivity contribution in [1.29, 1.82) is 0 Å². The Morgan fingerprint density at radius 1 is 1.50 bits per heavy atom. The van der Waals surface area contributed by atoms with Crippen LogP contribution in [0.1, 0.15) is 19.8 Å². The zero-order valence-electron chi connectivity index (χ0n) is 7.99. The van der Waals surface area contributed by atoms with Crippen LogP contribution in [0.4, 0.5) is 0 Å². The highest BCUT2D eigenvalue weighted by atomic mass is 79.9. The summed E-state index contributed by atoms with van der Waals surface area (Å²) in [6, 6.07) is 0. The Labute approximate surface area is 91.1 Å². The highest BCUT2D eigenvalue weighted by Crippen LogP contribution is 2.21. The van der Waals surface area contributed by atoms with Crippen LogP contribution in [-0.2, 0) is 19.1 Å². The lowest BCUT2D eigenvalue weighted by Crippen LogP contribution is -2.24. The van der Waals surface area contributed by atoms with Gasteiger partial charge in [0.15, 0.2) is 5.78 Å². The molecular weight excluding hydrogens is 252 g/mol. The molecule has 1 fully saturated rings. The Hall–Kier alpha value is -0.420. The monoisotopic (exact) mass is 264 g/mol. The third kappa shape index (κ3) is 3.38. The van der Waals surface area contributed by atoms with E-state index in [4.69, 9.17) is 9.47 Å². The van der Waals surface area contributed by atoms with E-state index >= 15 is 0 Å². The first-order chi connectivity index (χ1) is 6.63. The Balaban J connectivity index is 2.27. The van der Waals surface area contributed by atoms with E-state index in [0.717, 1.165) is 12.8 Å². The minimum atomic E-state index is -0.324. The van der Waals surface area contributed by atoms with Gasteiger partial charge >= 0.3 is 5.97 Å². The van der Waals surface area contributed by atoms with Gasteiger partial charge in [-0.05, 0) is 12.8 Å². The molecule has 0 aromatic carbocycles. The first-order valence-corrected chi connectivity index (χ1v) is 5.63. The molecule has 1 saturated heterocycles. The van der Waals surface area contributed by atoms with E-state index in [1.807, 2.05) is 0 Å². The van der Waals surface area contributed by atoms with Crippen LogP contribution < -0.4 is 0 Å². The summed E-state index contributed by atoms with van der Waals surface area (Å²) in [6.07, 6.45) is 1.05. The first kappa shape index (κ1) is 11.7. The minimum Gasteiger partial charge on any atom is -0.463 e. The molecule has 0 aliphatic carbocycles. The van der Waals surface area contributed by atoms with Crippen molar-refractivity contribution in [2.45, 2.75) is 32.0 Å². The van der Waals surface area contributed by atoms with E-state index in [2.05, 4.69) is 15.9 Å². The van der Waals surface area contributed by atoms with E-state index in [1.165, 1.54) is 6.92 Å². The quantitative estimate of drug-likeness (QED) is 0.563. The predicted octanol–water partition coefficient (Wildman–Crippen LogP) is 1.06. The molecule has 0 radical (unpaired) electrons. The van der Waals surface area contributed by atoms with Gasteiger partial charge in [0.05, 0.1) is 11.4 Å². The molecule has 2 atom stereocenters. The summed E-state index contributed by atoms with van der Waals surface area (Å²) < 4.78 is 10.2. The Kier molecular flexibility index (Phi) is 4.54. The number of hydrogen-bond acceptors (Lipinski definition) is 4. The second-order valence-electron chi connectivity index (χ2n) is 3.23. The molecule has 0 amide bonds. The highest BCUT2D eigenvalue weighted by molar-refractivity contribution is 9.09. The number of rotatable bonds is 4. The summed E-state index contributed by atoms with van der Waals surface area (Å²) in [5, 5.41) is 0.317. The van der Waals surface area contributed by atoms with Gasteiger partial charge in [0.1, 0.15) is 12.7 Å². The number of ether oxygens (including phenoxy) is 2. The van der Waals surface area contributed by atoms with Crippen molar-refractivity contribution in [2.75, 3.05) is 11.9 Å². The molecule has 0 bridgehead atoms. The molecule has 80 valence electrons. The van der Waals surface area contributed by atoms with Crippen molar-refractivity contribution in [1.82, 2.24) is 0 Å². The van der Waals surface area contributed by atoms with Gasteiger partial charge < -0.3 is 9.47 Å². The maximum absolute atomic E-state index is 11.2. The number of ketones is 1. The standard InChI is InChI=1S/C9H13BrO4/c1-6(11)13-5-7-2-3-9(14-7)8(12)4-10/h7,9H,2-5H2,1H3. The lowest BCUT2D eigenvalue weighted by Gasteiger charge is -2.11. The van der Waals surface area contributed by atoms with Gasteiger partial charge in [0, 0.05) is 6.92 Å². The van der Waals surface area contributed by atoms with Crippen molar-refractivity contribution in [2.24, 2.45) is 0 Å². The molecule has 1 heterocycles. The molecule has 1 aliphatic rings. The molecule has 14 heavy (non-hydrogen) atoms. The molecule has 0 aromatic rings.